The number of nitrogens with zero attached hydrogens (tertiary/aromatic N) is 3. The lowest BCUT2D eigenvalue weighted by atomic mass is 10.1. The first-order chi connectivity index (χ1) is 13.1. The Hall–Kier alpha value is -3.29. The molecule has 0 atom stereocenters. The van der Waals surface area contributed by atoms with Gasteiger partial charge in [0.2, 0.25) is 0 Å². The van der Waals surface area contributed by atoms with Crippen LogP contribution < -0.4 is 10.1 Å². The van der Waals surface area contributed by atoms with E-state index in [1.165, 1.54) is 18.5 Å². The minimum absolute atomic E-state index is 0.115. The summed E-state index contributed by atoms with van der Waals surface area (Å²) < 4.78 is 30.2. The summed E-state index contributed by atoms with van der Waals surface area (Å²) >= 11 is 0. The molecule has 0 spiro atoms. The van der Waals surface area contributed by atoms with Crippen LogP contribution in [0.4, 0.5) is 8.78 Å². The van der Waals surface area contributed by atoms with Crippen LogP contribution in [0.5, 0.6) is 5.75 Å². The number of hydrogen-bond acceptors (Lipinski definition) is 4. The zero-order chi connectivity index (χ0) is 19.1. The van der Waals surface area contributed by atoms with Crippen molar-refractivity contribution in [2.75, 3.05) is 6.54 Å². The maximum atomic E-state index is 12.2. The van der Waals surface area contributed by atoms with Crippen molar-refractivity contribution in [3.05, 3.63) is 77.9 Å². The number of amides is 1. The Kier molecular flexibility index (Phi) is 6.09. The van der Waals surface area contributed by atoms with Gasteiger partial charge in [-0.05, 0) is 41.8 Å². The SMILES string of the molecule is O=C(NCCc1ccc(OC(F)F)cc1)c1ccc(Cn2cncn2)cc1. The van der Waals surface area contributed by atoms with Crippen molar-refractivity contribution < 1.29 is 18.3 Å². The fraction of sp³-hybridized carbons (Fsp3) is 0.211. The third kappa shape index (κ3) is 5.60. The summed E-state index contributed by atoms with van der Waals surface area (Å²) in [5.74, 6) is -0.0521. The van der Waals surface area contributed by atoms with E-state index in [4.69, 9.17) is 0 Å². The summed E-state index contributed by atoms with van der Waals surface area (Å²) in [6.07, 6.45) is 3.69. The van der Waals surface area contributed by atoms with Crippen LogP contribution in [0, 0.1) is 0 Å². The Morgan fingerprint density at radius 3 is 2.41 bits per heavy atom. The van der Waals surface area contributed by atoms with Crippen molar-refractivity contribution >= 4 is 5.91 Å². The minimum Gasteiger partial charge on any atom is -0.435 e. The Morgan fingerprint density at radius 1 is 1.07 bits per heavy atom. The monoisotopic (exact) mass is 372 g/mol. The van der Waals surface area contributed by atoms with Crippen LogP contribution in [0.25, 0.3) is 0 Å². The van der Waals surface area contributed by atoms with E-state index < -0.39 is 6.61 Å². The molecule has 8 heteroatoms. The molecule has 0 aliphatic carbocycles. The van der Waals surface area contributed by atoms with Gasteiger partial charge in [0.05, 0.1) is 6.54 Å². The van der Waals surface area contributed by atoms with Crippen LogP contribution in [0.3, 0.4) is 0 Å². The Morgan fingerprint density at radius 2 is 1.78 bits per heavy atom. The molecule has 3 aromatic rings. The number of aromatic nitrogens is 3. The molecule has 0 fully saturated rings. The highest BCUT2D eigenvalue weighted by atomic mass is 19.3. The van der Waals surface area contributed by atoms with Crippen LogP contribution in [0.15, 0.2) is 61.2 Å². The molecule has 1 amide bonds. The van der Waals surface area contributed by atoms with Gasteiger partial charge in [-0.3, -0.25) is 4.79 Å². The van der Waals surface area contributed by atoms with Gasteiger partial charge in [-0.1, -0.05) is 24.3 Å². The fourth-order valence-electron chi connectivity index (χ4n) is 2.52. The normalized spacial score (nSPS) is 10.8. The largest absolute Gasteiger partial charge is 0.435 e. The molecule has 0 radical (unpaired) electrons. The predicted molar refractivity (Wildman–Crippen MR) is 94.7 cm³/mol. The van der Waals surface area contributed by atoms with Crippen LogP contribution in [0.2, 0.25) is 0 Å². The van der Waals surface area contributed by atoms with E-state index in [-0.39, 0.29) is 11.7 Å². The third-order valence-corrected chi connectivity index (χ3v) is 3.88. The lowest BCUT2D eigenvalue weighted by Crippen LogP contribution is -2.25. The first-order valence-electron chi connectivity index (χ1n) is 8.33. The first kappa shape index (κ1) is 18.5. The predicted octanol–water partition coefficient (Wildman–Crippen LogP) is 2.90. The van der Waals surface area contributed by atoms with Crippen molar-refractivity contribution in [2.45, 2.75) is 19.6 Å². The van der Waals surface area contributed by atoms with E-state index in [2.05, 4.69) is 20.1 Å². The van der Waals surface area contributed by atoms with E-state index in [0.29, 0.717) is 25.1 Å². The Balaban J connectivity index is 1.46. The topological polar surface area (TPSA) is 69.0 Å². The van der Waals surface area contributed by atoms with Gasteiger partial charge < -0.3 is 10.1 Å². The minimum atomic E-state index is -2.84. The highest BCUT2D eigenvalue weighted by molar-refractivity contribution is 5.94. The van der Waals surface area contributed by atoms with Gasteiger partial charge in [0.1, 0.15) is 18.4 Å². The molecule has 3 rings (SSSR count). The van der Waals surface area contributed by atoms with Crippen LogP contribution in [-0.2, 0) is 13.0 Å². The molecule has 1 N–H and O–H groups in total. The number of rotatable bonds is 8. The molecular weight excluding hydrogens is 354 g/mol. The van der Waals surface area contributed by atoms with Gasteiger partial charge in [0, 0.05) is 12.1 Å². The van der Waals surface area contributed by atoms with Crippen molar-refractivity contribution in [2.24, 2.45) is 0 Å². The molecule has 27 heavy (non-hydrogen) atoms. The second-order valence-corrected chi connectivity index (χ2v) is 5.82. The molecule has 0 unspecified atom stereocenters. The van der Waals surface area contributed by atoms with Crippen molar-refractivity contribution in [3.63, 3.8) is 0 Å². The summed E-state index contributed by atoms with van der Waals surface area (Å²) in [5.41, 5.74) is 2.50. The Bertz CT molecular complexity index is 850. The number of carbonyl (C=O) groups is 1. The number of carbonyl (C=O) groups excluding carboxylic acids is 1. The Labute approximate surface area is 154 Å². The molecule has 0 saturated carbocycles. The number of halogens is 2. The summed E-state index contributed by atoms with van der Waals surface area (Å²) in [5, 5.41) is 6.88. The van der Waals surface area contributed by atoms with Crippen LogP contribution >= 0.6 is 0 Å². The van der Waals surface area contributed by atoms with Gasteiger partial charge in [0.25, 0.3) is 5.91 Å². The molecule has 6 nitrogen and oxygen atoms in total. The molecular formula is C19H18F2N4O2. The van der Waals surface area contributed by atoms with Crippen molar-refractivity contribution in [1.29, 1.82) is 0 Å². The lowest BCUT2D eigenvalue weighted by Gasteiger charge is -2.08. The lowest BCUT2D eigenvalue weighted by molar-refractivity contribution is -0.0498. The number of benzene rings is 2. The second kappa shape index (κ2) is 8.88. The maximum Gasteiger partial charge on any atom is 0.387 e. The van der Waals surface area contributed by atoms with E-state index >= 15 is 0 Å². The summed E-state index contributed by atoms with van der Waals surface area (Å²) in [6, 6.07) is 13.6. The van der Waals surface area contributed by atoms with E-state index in [9.17, 15) is 13.6 Å². The molecule has 0 saturated heterocycles. The van der Waals surface area contributed by atoms with E-state index in [1.807, 2.05) is 12.1 Å². The summed E-state index contributed by atoms with van der Waals surface area (Å²) in [4.78, 5) is 16.1. The zero-order valence-corrected chi connectivity index (χ0v) is 14.4. The van der Waals surface area contributed by atoms with Gasteiger partial charge in [0.15, 0.2) is 0 Å². The molecule has 0 aliphatic rings. The van der Waals surface area contributed by atoms with Crippen molar-refractivity contribution in [3.8, 4) is 5.75 Å². The molecule has 0 aliphatic heterocycles. The second-order valence-electron chi connectivity index (χ2n) is 5.82. The summed E-state index contributed by atoms with van der Waals surface area (Å²) in [7, 11) is 0. The molecule has 0 bridgehead atoms. The number of nitrogens with one attached hydrogen (secondary N) is 1. The average molecular weight is 372 g/mol. The first-order valence-corrected chi connectivity index (χ1v) is 8.33. The van der Waals surface area contributed by atoms with Gasteiger partial charge in [-0.2, -0.15) is 13.9 Å². The van der Waals surface area contributed by atoms with Crippen LogP contribution in [-0.4, -0.2) is 33.8 Å². The van der Waals surface area contributed by atoms with E-state index in [1.54, 1.807) is 35.3 Å². The van der Waals surface area contributed by atoms with Gasteiger partial charge in [-0.25, -0.2) is 9.67 Å². The maximum absolute atomic E-state index is 12.2. The number of alkyl halides is 2. The third-order valence-electron chi connectivity index (χ3n) is 3.88. The fourth-order valence-corrected chi connectivity index (χ4v) is 2.52. The number of ether oxygens (including phenoxy) is 1. The van der Waals surface area contributed by atoms with Crippen molar-refractivity contribution in [1.82, 2.24) is 20.1 Å². The molecule has 140 valence electrons. The highest BCUT2D eigenvalue weighted by Crippen LogP contribution is 2.15. The average Bonchev–Trinajstić information content (AvgIpc) is 3.16. The number of hydrogen-bond donors (Lipinski definition) is 1. The smallest absolute Gasteiger partial charge is 0.387 e. The standard InChI is InChI=1S/C19H18F2N4O2/c20-19(21)27-17-7-3-14(4-8-17)9-10-23-18(26)16-5-1-15(2-6-16)11-25-13-22-12-24-25/h1-8,12-13,19H,9-11H2,(H,23,26). The quantitative estimate of drug-likeness (QED) is 0.660. The summed E-state index contributed by atoms with van der Waals surface area (Å²) in [6.45, 7) is -1.81. The molecule has 2 aromatic carbocycles. The van der Waals surface area contributed by atoms with Gasteiger partial charge >= 0.3 is 6.61 Å². The van der Waals surface area contributed by atoms with Crippen LogP contribution in [0.1, 0.15) is 21.5 Å². The van der Waals surface area contributed by atoms with E-state index in [0.717, 1.165) is 11.1 Å². The molecule has 1 aromatic heterocycles. The van der Waals surface area contributed by atoms with Gasteiger partial charge in [-0.15, -0.1) is 0 Å². The molecule has 1 heterocycles. The zero-order valence-electron chi connectivity index (χ0n) is 14.4. The highest BCUT2D eigenvalue weighted by Gasteiger charge is 2.06.